The molecule has 0 spiro atoms. The van der Waals surface area contributed by atoms with Crippen molar-refractivity contribution in [2.24, 2.45) is 10.9 Å². The minimum absolute atomic E-state index is 0.161. The second-order valence-electron chi connectivity index (χ2n) is 6.74. The van der Waals surface area contributed by atoms with E-state index in [2.05, 4.69) is 34.5 Å². The molecule has 1 aliphatic heterocycles. The van der Waals surface area contributed by atoms with E-state index < -0.39 is 0 Å². The number of halogens is 1. The molecule has 2 N–H and O–H groups in total. The Balaban J connectivity index is 1.80. The van der Waals surface area contributed by atoms with Crippen molar-refractivity contribution >= 4 is 5.96 Å². The first kappa shape index (κ1) is 18.7. The molecule has 1 aliphatic rings. The van der Waals surface area contributed by atoms with E-state index in [1.165, 1.54) is 38.4 Å². The second kappa shape index (κ2) is 9.62. The van der Waals surface area contributed by atoms with Crippen molar-refractivity contribution in [3.63, 3.8) is 0 Å². The third-order valence-electron chi connectivity index (χ3n) is 4.67. The number of benzene rings is 1. The van der Waals surface area contributed by atoms with Gasteiger partial charge in [-0.25, -0.2) is 9.38 Å². The Morgan fingerprint density at radius 1 is 1.29 bits per heavy atom. The molecule has 0 radical (unpaired) electrons. The highest BCUT2D eigenvalue weighted by atomic mass is 19.1. The minimum atomic E-state index is -0.161. The zero-order chi connectivity index (χ0) is 17.4. The molecule has 0 saturated carbocycles. The van der Waals surface area contributed by atoms with Crippen LogP contribution in [0.4, 0.5) is 4.39 Å². The number of likely N-dealkylation sites (tertiary alicyclic amines) is 1. The van der Waals surface area contributed by atoms with Gasteiger partial charge in [0.25, 0.3) is 0 Å². The maximum Gasteiger partial charge on any atom is 0.191 e. The van der Waals surface area contributed by atoms with Gasteiger partial charge < -0.3 is 15.5 Å². The Kier molecular flexibility index (Phi) is 7.50. The predicted octanol–water partition coefficient (Wildman–Crippen LogP) is 2.92. The summed E-state index contributed by atoms with van der Waals surface area (Å²) in [4.78, 5) is 7.02. The predicted molar refractivity (Wildman–Crippen MR) is 98.8 cm³/mol. The average molecular weight is 334 g/mol. The lowest BCUT2D eigenvalue weighted by Crippen LogP contribution is -2.39. The van der Waals surface area contributed by atoms with E-state index in [9.17, 15) is 4.39 Å². The second-order valence-corrected chi connectivity index (χ2v) is 6.74. The Bertz CT molecular complexity index is 536. The molecule has 0 bridgehead atoms. The van der Waals surface area contributed by atoms with Crippen molar-refractivity contribution in [1.29, 1.82) is 0 Å². The summed E-state index contributed by atoms with van der Waals surface area (Å²) in [6, 6.07) is 5.18. The normalized spacial score (nSPS) is 17.1. The van der Waals surface area contributed by atoms with Crippen LogP contribution in [0.5, 0.6) is 0 Å². The summed E-state index contributed by atoms with van der Waals surface area (Å²) in [7, 11) is 2.20. The molecule has 4 nitrogen and oxygen atoms in total. The average Bonchev–Trinajstić information content (AvgIpc) is 2.57. The van der Waals surface area contributed by atoms with Gasteiger partial charge in [-0.1, -0.05) is 12.1 Å². The molecule has 1 fully saturated rings. The summed E-state index contributed by atoms with van der Waals surface area (Å²) in [5, 5.41) is 6.71. The molecule has 1 aromatic rings. The highest BCUT2D eigenvalue weighted by Crippen LogP contribution is 2.18. The summed E-state index contributed by atoms with van der Waals surface area (Å²) >= 11 is 0. The third kappa shape index (κ3) is 6.11. The lowest BCUT2D eigenvalue weighted by atomic mass is 9.94. The number of piperidine rings is 1. The summed E-state index contributed by atoms with van der Waals surface area (Å²) in [6.07, 6.45) is 3.77. The van der Waals surface area contributed by atoms with Crippen LogP contribution in [-0.2, 0) is 6.54 Å². The molecule has 0 atom stereocenters. The number of nitrogens with one attached hydrogen (secondary N) is 2. The Morgan fingerprint density at radius 3 is 2.71 bits per heavy atom. The van der Waals surface area contributed by atoms with Gasteiger partial charge in [-0.3, -0.25) is 0 Å². The lowest BCUT2D eigenvalue weighted by Gasteiger charge is -2.29. The molecular weight excluding hydrogens is 303 g/mol. The molecule has 2 rings (SSSR count). The fraction of sp³-hybridized carbons (Fsp3) is 0.632. The number of guanidine groups is 1. The van der Waals surface area contributed by atoms with Crippen molar-refractivity contribution < 1.29 is 4.39 Å². The van der Waals surface area contributed by atoms with E-state index in [0.717, 1.165) is 30.5 Å². The summed E-state index contributed by atoms with van der Waals surface area (Å²) in [6.45, 7) is 8.62. The smallest absolute Gasteiger partial charge is 0.191 e. The van der Waals surface area contributed by atoms with Crippen LogP contribution < -0.4 is 10.6 Å². The molecule has 0 aromatic heterocycles. The summed E-state index contributed by atoms with van der Waals surface area (Å²) < 4.78 is 13.3. The Morgan fingerprint density at radius 2 is 2.04 bits per heavy atom. The fourth-order valence-electron chi connectivity index (χ4n) is 3.06. The monoisotopic (exact) mass is 334 g/mol. The van der Waals surface area contributed by atoms with Crippen LogP contribution in [-0.4, -0.2) is 44.1 Å². The van der Waals surface area contributed by atoms with Crippen LogP contribution in [0.15, 0.2) is 23.2 Å². The standard InChI is InChI=1S/C19H31FN4/c1-4-21-19(22-10-7-16-8-11-24(3)12-9-16)23-14-17-5-6-18(20)15(2)13-17/h5-6,13,16H,4,7-12,14H2,1-3H3,(H2,21,22,23). The first-order valence-corrected chi connectivity index (χ1v) is 9.04. The third-order valence-corrected chi connectivity index (χ3v) is 4.67. The van der Waals surface area contributed by atoms with E-state index in [-0.39, 0.29) is 5.82 Å². The van der Waals surface area contributed by atoms with Crippen molar-refractivity contribution in [3.8, 4) is 0 Å². The van der Waals surface area contributed by atoms with Crippen LogP contribution in [0.1, 0.15) is 37.3 Å². The molecule has 0 unspecified atom stereocenters. The van der Waals surface area contributed by atoms with Crippen LogP contribution in [0, 0.1) is 18.7 Å². The quantitative estimate of drug-likeness (QED) is 0.621. The summed E-state index contributed by atoms with van der Waals surface area (Å²) in [5.41, 5.74) is 1.70. The highest BCUT2D eigenvalue weighted by Gasteiger charge is 2.16. The minimum Gasteiger partial charge on any atom is -0.357 e. The van der Waals surface area contributed by atoms with Crippen LogP contribution in [0.2, 0.25) is 0 Å². The van der Waals surface area contributed by atoms with Crippen LogP contribution >= 0.6 is 0 Å². The number of hydrogen-bond acceptors (Lipinski definition) is 2. The maximum atomic E-state index is 13.3. The largest absolute Gasteiger partial charge is 0.357 e. The highest BCUT2D eigenvalue weighted by molar-refractivity contribution is 5.79. The maximum absolute atomic E-state index is 13.3. The molecule has 1 aromatic carbocycles. The fourth-order valence-corrected chi connectivity index (χ4v) is 3.06. The SMILES string of the molecule is CCNC(=NCc1ccc(F)c(C)c1)NCCC1CCN(C)CC1. The molecule has 0 amide bonds. The molecule has 1 heterocycles. The first-order chi connectivity index (χ1) is 11.6. The van der Waals surface area contributed by atoms with E-state index in [0.29, 0.717) is 12.1 Å². The van der Waals surface area contributed by atoms with Gasteiger partial charge in [-0.2, -0.15) is 0 Å². The lowest BCUT2D eigenvalue weighted by molar-refractivity contribution is 0.213. The molecule has 5 heteroatoms. The zero-order valence-corrected chi connectivity index (χ0v) is 15.2. The van der Waals surface area contributed by atoms with Crippen molar-refractivity contribution in [2.75, 3.05) is 33.2 Å². The van der Waals surface area contributed by atoms with Gasteiger partial charge >= 0.3 is 0 Å². The molecule has 134 valence electrons. The van der Waals surface area contributed by atoms with E-state index in [1.54, 1.807) is 13.0 Å². The molecule has 0 aliphatic carbocycles. The number of rotatable bonds is 6. The van der Waals surface area contributed by atoms with E-state index in [4.69, 9.17) is 0 Å². The Labute approximate surface area is 145 Å². The van der Waals surface area contributed by atoms with Gasteiger partial charge in [0.15, 0.2) is 5.96 Å². The number of nitrogens with zero attached hydrogens (tertiary/aromatic N) is 2. The van der Waals surface area contributed by atoms with Gasteiger partial charge in [-0.15, -0.1) is 0 Å². The Hall–Kier alpha value is -1.62. The van der Waals surface area contributed by atoms with Crippen LogP contribution in [0.3, 0.4) is 0 Å². The number of aliphatic imine (C=N–C) groups is 1. The van der Waals surface area contributed by atoms with Gasteiger partial charge in [-0.05, 0) is 76.4 Å². The van der Waals surface area contributed by atoms with Crippen molar-refractivity contribution in [3.05, 3.63) is 35.1 Å². The zero-order valence-electron chi connectivity index (χ0n) is 15.2. The van der Waals surface area contributed by atoms with Gasteiger partial charge in [0.2, 0.25) is 0 Å². The molecule has 24 heavy (non-hydrogen) atoms. The van der Waals surface area contributed by atoms with Gasteiger partial charge in [0.1, 0.15) is 5.82 Å². The van der Waals surface area contributed by atoms with Crippen molar-refractivity contribution in [1.82, 2.24) is 15.5 Å². The topological polar surface area (TPSA) is 39.7 Å². The van der Waals surface area contributed by atoms with Crippen LogP contribution in [0.25, 0.3) is 0 Å². The molecular formula is C19H31FN4. The number of aryl methyl sites for hydroxylation is 1. The van der Waals surface area contributed by atoms with E-state index >= 15 is 0 Å². The number of hydrogen-bond donors (Lipinski definition) is 2. The van der Waals surface area contributed by atoms with Crippen molar-refractivity contribution in [2.45, 2.75) is 39.7 Å². The van der Waals surface area contributed by atoms with Gasteiger partial charge in [0, 0.05) is 13.1 Å². The molecule has 1 saturated heterocycles. The van der Waals surface area contributed by atoms with E-state index in [1.807, 2.05) is 6.07 Å². The van der Waals surface area contributed by atoms with Gasteiger partial charge in [0.05, 0.1) is 6.54 Å². The summed E-state index contributed by atoms with van der Waals surface area (Å²) in [5.74, 6) is 1.50. The first-order valence-electron chi connectivity index (χ1n) is 9.04.